The van der Waals surface area contributed by atoms with Crippen LogP contribution < -0.4 is 10.3 Å². The van der Waals surface area contributed by atoms with Gasteiger partial charge < -0.3 is 4.90 Å². The molecule has 2 aromatic heterocycles. The van der Waals surface area contributed by atoms with E-state index in [4.69, 9.17) is 4.55 Å². The molecule has 3 heterocycles. The highest BCUT2D eigenvalue weighted by molar-refractivity contribution is 7.76. The van der Waals surface area contributed by atoms with E-state index in [1.165, 1.54) is 15.5 Å². The lowest BCUT2D eigenvalue weighted by atomic mass is 9.61. The van der Waals surface area contributed by atoms with E-state index in [0.717, 1.165) is 42.0 Å². The number of hydrogen-bond donors (Lipinski definition) is 2. The van der Waals surface area contributed by atoms with E-state index in [2.05, 4.69) is 49.9 Å². The molecular formula is C19H21N5O2S2. The molecule has 3 aromatic rings. The standard InChI is InChI=1S/C19H21N5O2S2/c1-23(28(25)26)22-14-7-19(8-14)10-24(11-19)17-16-15(13-5-3-2-4-6-13)9-27-18(16)21-12-20-17/h2-6,9,12,14,22H,7-8,10-11H2,1H3,(H,25,26). The van der Waals surface area contributed by atoms with Crippen molar-refractivity contribution >= 4 is 38.6 Å². The van der Waals surface area contributed by atoms with Gasteiger partial charge in [-0.25, -0.2) is 19.6 Å². The number of thiophene rings is 1. The maximum absolute atomic E-state index is 11.1. The number of nitrogens with one attached hydrogen (secondary N) is 1. The monoisotopic (exact) mass is 415 g/mol. The fourth-order valence-corrected chi connectivity index (χ4v) is 5.63. The van der Waals surface area contributed by atoms with E-state index in [9.17, 15) is 4.21 Å². The smallest absolute Gasteiger partial charge is 0.248 e. The molecule has 1 atom stereocenters. The summed E-state index contributed by atoms with van der Waals surface area (Å²) in [5.41, 5.74) is 5.76. The number of benzene rings is 1. The van der Waals surface area contributed by atoms with Crippen molar-refractivity contribution in [3.05, 3.63) is 42.0 Å². The third-order valence-electron chi connectivity index (χ3n) is 5.74. The van der Waals surface area contributed by atoms with Crippen LogP contribution >= 0.6 is 11.3 Å². The minimum atomic E-state index is -1.98. The lowest BCUT2D eigenvalue weighted by Crippen LogP contribution is -2.67. The quantitative estimate of drug-likeness (QED) is 0.493. The Kier molecular flexibility index (Phi) is 4.44. The third kappa shape index (κ3) is 3.03. The molecule has 7 nitrogen and oxygen atoms in total. The Morgan fingerprint density at radius 3 is 2.75 bits per heavy atom. The number of rotatable bonds is 5. The number of anilines is 1. The SMILES string of the molecule is CN(NC1CC2(C1)CN(c1ncnc3scc(-c4ccccc4)c13)C2)S(=O)O. The Morgan fingerprint density at radius 1 is 1.29 bits per heavy atom. The highest BCUT2D eigenvalue weighted by atomic mass is 32.2. The minimum absolute atomic E-state index is 0.259. The molecule has 28 heavy (non-hydrogen) atoms. The summed E-state index contributed by atoms with van der Waals surface area (Å²) in [6, 6.07) is 10.6. The van der Waals surface area contributed by atoms with Gasteiger partial charge in [0.05, 0.1) is 5.39 Å². The zero-order chi connectivity index (χ0) is 19.3. The summed E-state index contributed by atoms with van der Waals surface area (Å²) in [6.07, 6.45) is 3.67. The van der Waals surface area contributed by atoms with Gasteiger partial charge in [-0.1, -0.05) is 30.3 Å². The van der Waals surface area contributed by atoms with Crippen molar-refractivity contribution in [3.8, 4) is 11.1 Å². The molecule has 1 spiro atoms. The predicted molar refractivity (Wildman–Crippen MR) is 112 cm³/mol. The molecule has 5 rings (SSSR count). The molecule has 2 aliphatic rings. The van der Waals surface area contributed by atoms with Gasteiger partial charge in [-0.15, -0.1) is 15.8 Å². The van der Waals surface area contributed by atoms with Crippen LogP contribution in [0, 0.1) is 5.41 Å². The van der Waals surface area contributed by atoms with Gasteiger partial charge in [0.25, 0.3) is 0 Å². The van der Waals surface area contributed by atoms with E-state index in [0.29, 0.717) is 0 Å². The average Bonchev–Trinajstić information content (AvgIpc) is 3.07. The highest BCUT2D eigenvalue weighted by Crippen LogP contribution is 2.51. The van der Waals surface area contributed by atoms with Crippen molar-refractivity contribution in [2.24, 2.45) is 5.41 Å². The largest absolute Gasteiger partial charge is 0.355 e. The van der Waals surface area contributed by atoms with Crippen LogP contribution in [0.2, 0.25) is 0 Å². The molecule has 1 aliphatic heterocycles. The van der Waals surface area contributed by atoms with Crippen LogP contribution in [0.15, 0.2) is 42.0 Å². The Balaban J connectivity index is 1.34. The Bertz CT molecular complexity index is 1030. The Morgan fingerprint density at radius 2 is 2.04 bits per heavy atom. The van der Waals surface area contributed by atoms with Crippen molar-refractivity contribution in [2.45, 2.75) is 18.9 Å². The van der Waals surface area contributed by atoms with Crippen molar-refractivity contribution in [2.75, 3.05) is 25.0 Å². The van der Waals surface area contributed by atoms with Gasteiger partial charge in [0, 0.05) is 42.5 Å². The van der Waals surface area contributed by atoms with E-state index in [1.54, 1.807) is 24.7 Å². The first-order valence-electron chi connectivity index (χ1n) is 9.18. The second-order valence-electron chi connectivity index (χ2n) is 7.71. The van der Waals surface area contributed by atoms with Crippen molar-refractivity contribution in [1.82, 2.24) is 19.8 Å². The number of fused-ring (bicyclic) bond motifs is 1. The van der Waals surface area contributed by atoms with Crippen molar-refractivity contribution < 1.29 is 8.76 Å². The molecule has 0 amide bonds. The zero-order valence-electron chi connectivity index (χ0n) is 15.4. The summed E-state index contributed by atoms with van der Waals surface area (Å²) in [5, 5.41) is 3.31. The first kappa shape index (κ1) is 18.1. The summed E-state index contributed by atoms with van der Waals surface area (Å²) in [5.74, 6) is 1.01. The zero-order valence-corrected chi connectivity index (χ0v) is 17.0. The van der Waals surface area contributed by atoms with E-state index < -0.39 is 11.3 Å². The lowest BCUT2D eigenvalue weighted by Gasteiger charge is -2.59. The molecule has 0 radical (unpaired) electrons. The topological polar surface area (TPSA) is 81.6 Å². The molecule has 1 aliphatic carbocycles. The molecule has 146 valence electrons. The van der Waals surface area contributed by atoms with Crippen LogP contribution in [0.25, 0.3) is 21.3 Å². The molecule has 9 heteroatoms. The highest BCUT2D eigenvalue weighted by Gasteiger charge is 2.53. The third-order valence-corrected chi connectivity index (χ3v) is 7.20. The van der Waals surface area contributed by atoms with Crippen molar-refractivity contribution in [1.29, 1.82) is 0 Å². The Labute approximate surface area is 169 Å². The summed E-state index contributed by atoms with van der Waals surface area (Å²) in [7, 11) is 1.59. The van der Waals surface area contributed by atoms with Gasteiger partial charge in [-0.3, -0.25) is 4.55 Å². The van der Waals surface area contributed by atoms with Crippen LogP contribution in [0.4, 0.5) is 5.82 Å². The molecule has 1 saturated carbocycles. The molecule has 2 fully saturated rings. The fraction of sp³-hybridized carbons (Fsp3) is 0.368. The summed E-state index contributed by atoms with van der Waals surface area (Å²) >= 11 is -0.321. The molecule has 1 unspecified atom stereocenters. The van der Waals surface area contributed by atoms with E-state index >= 15 is 0 Å². The summed E-state index contributed by atoms with van der Waals surface area (Å²) in [6.45, 7) is 1.93. The van der Waals surface area contributed by atoms with Gasteiger partial charge in [-0.2, -0.15) is 0 Å². The van der Waals surface area contributed by atoms with Crippen LogP contribution in [-0.2, 0) is 11.3 Å². The maximum Gasteiger partial charge on any atom is 0.248 e. The van der Waals surface area contributed by atoms with Crippen LogP contribution in [0.3, 0.4) is 0 Å². The lowest BCUT2D eigenvalue weighted by molar-refractivity contribution is 0.0278. The predicted octanol–water partition coefficient (Wildman–Crippen LogP) is 2.90. The molecule has 2 N–H and O–H groups in total. The maximum atomic E-state index is 11.1. The number of aromatic nitrogens is 2. The van der Waals surface area contributed by atoms with Gasteiger partial charge in [0.1, 0.15) is 17.0 Å². The summed E-state index contributed by atoms with van der Waals surface area (Å²) in [4.78, 5) is 12.5. The summed E-state index contributed by atoms with van der Waals surface area (Å²) < 4.78 is 21.4. The van der Waals surface area contributed by atoms with Gasteiger partial charge in [0.15, 0.2) is 0 Å². The fourth-order valence-electron chi connectivity index (χ4n) is 4.48. The molecule has 1 aromatic carbocycles. The Hall–Kier alpha value is -1.91. The van der Waals surface area contributed by atoms with E-state index in [-0.39, 0.29) is 11.5 Å². The van der Waals surface area contributed by atoms with Gasteiger partial charge >= 0.3 is 0 Å². The van der Waals surface area contributed by atoms with Crippen LogP contribution in [0.5, 0.6) is 0 Å². The average molecular weight is 416 g/mol. The second kappa shape index (κ2) is 6.85. The van der Waals surface area contributed by atoms with Crippen LogP contribution in [-0.4, -0.2) is 49.3 Å². The number of hydrogen-bond acceptors (Lipinski definition) is 6. The first-order chi connectivity index (χ1) is 13.5. The number of nitrogens with zero attached hydrogens (tertiary/aromatic N) is 4. The minimum Gasteiger partial charge on any atom is -0.355 e. The molecule has 1 saturated heterocycles. The molecular weight excluding hydrogens is 394 g/mol. The second-order valence-corrected chi connectivity index (χ2v) is 9.58. The normalized spacial score (nSPS) is 19.8. The van der Waals surface area contributed by atoms with Gasteiger partial charge in [0.2, 0.25) is 11.3 Å². The first-order valence-corrected chi connectivity index (χ1v) is 11.1. The van der Waals surface area contributed by atoms with Crippen LogP contribution in [0.1, 0.15) is 12.8 Å². The number of hydrazine groups is 1. The van der Waals surface area contributed by atoms with E-state index in [1.807, 2.05) is 6.07 Å². The van der Waals surface area contributed by atoms with Gasteiger partial charge in [-0.05, 0) is 18.4 Å². The molecule has 0 bridgehead atoms. The van der Waals surface area contributed by atoms with Crippen molar-refractivity contribution in [3.63, 3.8) is 0 Å².